The Morgan fingerprint density at radius 1 is 1.06 bits per heavy atom. The van der Waals surface area contributed by atoms with Crippen molar-refractivity contribution in [3.8, 4) is 5.75 Å². The highest BCUT2D eigenvalue weighted by Crippen LogP contribution is 2.34. The van der Waals surface area contributed by atoms with E-state index >= 15 is 0 Å². The van der Waals surface area contributed by atoms with E-state index in [0.717, 1.165) is 11.8 Å². The number of pyridine rings is 1. The van der Waals surface area contributed by atoms with Gasteiger partial charge < -0.3 is 29.8 Å². The number of anilines is 1. The second-order valence-corrected chi connectivity index (χ2v) is 12.6. The summed E-state index contributed by atoms with van der Waals surface area (Å²) in [5, 5.41) is 12.4. The average Bonchev–Trinajstić information content (AvgIpc) is 3.24. The summed E-state index contributed by atoms with van der Waals surface area (Å²) in [6.45, 7) is 8.86. The zero-order chi connectivity index (χ0) is 33.3. The summed E-state index contributed by atoms with van der Waals surface area (Å²) in [6.07, 6.45) is 2.71. The van der Waals surface area contributed by atoms with E-state index in [1.54, 1.807) is 59.3 Å². The SMILES string of the molecule is CN1NC(c2cccc(N3CCOc4cc(C(C)(C)C)ccc4C3=O)c2C=O)=CC(=Nc2ccc(C(=O)N3CCOCC3)cn2)C1O. The molecular formula is C35H38N6O6. The number of benzene rings is 2. The third-order valence-corrected chi connectivity index (χ3v) is 8.43. The number of hydrogen-bond donors (Lipinski definition) is 2. The van der Waals surface area contributed by atoms with Gasteiger partial charge in [0, 0.05) is 37.5 Å². The monoisotopic (exact) mass is 638 g/mol. The molecule has 3 aliphatic heterocycles. The van der Waals surface area contributed by atoms with Crippen molar-refractivity contribution in [1.82, 2.24) is 20.3 Å². The molecular weight excluding hydrogens is 600 g/mol. The van der Waals surface area contributed by atoms with Crippen LogP contribution < -0.4 is 15.1 Å². The molecule has 1 aromatic heterocycles. The number of morpholine rings is 1. The van der Waals surface area contributed by atoms with Gasteiger partial charge in [0.1, 0.15) is 12.4 Å². The maximum Gasteiger partial charge on any atom is 0.262 e. The Morgan fingerprint density at radius 3 is 2.55 bits per heavy atom. The molecule has 3 aliphatic rings. The number of carbonyl (C=O) groups excluding carboxylic acids is 3. The normalized spacial score (nSPS) is 19.8. The minimum absolute atomic E-state index is 0.113. The highest BCUT2D eigenvalue weighted by molar-refractivity contribution is 6.12. The van der Waals surface area contributed by atoms with Crippen LogP contribution in [0.4, 0.5) is 11.5 Å². The fourth-order valence-corrected chi connectivity index (χ4v) is 5.75. The van der Waals surface area contributed by atoms with E-state index in [9.17, 15) is 19.5 Å². The van der Waals surface area contributed by atoms with Gasteiger partial charge in [-0.25, -0.2) is 9.98 Å². The first kappa shape index (κ1) is 32.0. The first-order valence-electron chi connectivity index (χ1n) is 15.5. The summed E-state index contributed by atoms with van der Waals surface area (Å²) < 4.78 is 11.3. The number of aliphatic hydroxyl groups excluding tert-OH is 1. The van der Waals surface area contributed by atoms with E-state index in [1.165, 1.54) is 11.2 Å². The number of aliphatic hydroxyl groups is 1. The number of amides is 2. The summed E-state index contributed by atoms with van der Waals surface area (Å²) >= 11 is 0. The van der Waals surface area contributed by atoms with Crippen molar-refractivity contribution in [1.29, 1.82) is 0 Å². The van der Waals surface area contributed by atoms with Crippen molar-refractivity contribution in [3.05, 3.63) is 88.6 Å². The second kappa shape index (κ2) is 13.1. The number of hydrazine groups is 1. The molecule has 2 aromatic carbocycles. The summed E-state index contributed by atoms with van der Waals surface area (Å²) in [4.78, 5) is 51.6. The van der Waals surface area contributed by atoms with Gasteiger partial charge in [-0.1, -0.05) is 39.0 Å². The Balaban J connectivity index is 1.31. The molecule has 0 aliphatic carbocycles. The fraction of sp³-hybridized carbons (Fsp3) is 0.343. The van der Waals surface area contributed by atoms with Gasteiger partial charge in [0.15, 0.2) is 18.3 Å². The van der Waals surface area contributed by atoms with Crippen LogP contribution in [0.25, 0.3) is 5.70 Å². The zero-order valence-electron chi connectivity index (χ0n) is 26.9. The lowest BCUT2D eigenvalue weighted by molar-refractivity contribution is 0.0302. The van der Waals surface area contributed by atoms with E-state index in [2.05, 4.69) is 36.2 Å². The van der Waals surface area contributed by atoms with Crippen molar-refractivity contribution in [2.75, 3.05) is 51.4 Å². The predicted octanol–water partition coefficient (Wildman–Crippen LogP) is 3.59. The summed E-state index contributed by atoms with van der Waals surface area (Å²) in [5.74, 6) is 0.433. The summed E-state index contributed by atoms with van der Waals surface area (Å²) in [7, 11) is 1.65. The molecule has 6 rings (SSSR count). The largest absolute Gasteiger partial charge is 0.491 e. The molecule has 12 heteroatoms. The van der Waals surface area contributed by atoms with E-state index in [0.29, 0.717) is 71.5 Å². The van der Waals surface area contributed by atoms with Gasteiger partial charge >= 0.3 is 0 Å². The number of nitrogens with one attached hydrogen (secondary N) is 1. The standard InChI is InChI=1S/C35H38N6O6/c1-35(2,3)23-9-10-25-30(18-23)47-17-14-41(33(25)44)29-7-5-6-24(26(29)21-42)27-19-28(34(45)39(4)38-27)37-31-11-8-22(20-36-31)32(43)40-12-15-46-16-13-40/h5-11,18-21,34,38,45H,12-17H2,1-4H3. The number of nitrogens with zero attached hydrogens (tertiary/aromatic N) is 5. The lowest BCUT2D eigenvalue weighted by Crippen LogP contribution is -2.49. The number of aliphatic imine (C=N–C) groups is 1. The topological polar surface area (TPSA) is 137 Å². The van der Waals surface area contributed by atoms with Crippen molar-refractivity contribution in [2.24, 2.45) is 4.99 Å². The predicted molar refractivity (Wildman–Crippen MR) is 177 cm³/mol. The molecule has 1 unspecified atom stereocenters. The molecule has 4 heterocycles. The molecule has 1 saturated heterocycles. The van der Waals surface area contributed by atoms with Gasteiger partial charge in [0.25, 0.3) is 11.8 Å². The van der Waals surface area contributed by atoms with Crippen molar-refractivity contribution < 1.29 is 29.0 Å². The summed E-state index contributed by atoms with van der Waals surface area (Å²) in [6, 6.07) is 14.2. The van der Waals surface area contributed by atoms with E-state index in [4.69, 9.17) is 9.47 Å². The van der Waals surface area contributed by atoms with Crippen LogP contribution in [-0.2, 0) is 10.2 Å². The molecule has 2 amide bonds. The molecule has 1 fully saturated rings. The molecule has 0 spiro atoms. The van der Waals surface area contributed by atoms with Crippen LogP contribution in [0.15, 0.2) is 65.8 Å². The molecule has 3 aromatic rings. The molecule has 0 saturated carbocycles. The van der Waals surface area contributed by atoms with Crippen LogP contribution in [0.3, 0.4) is 0 Å². The maximum absolute atomic E-state index is 13.9. The second-order valence-electron chi connectivity index (χ2n) is 12.6. The number of carbonyl (C=O) groups is 3. The van der Waals surface area contributed by atoms with Crippen LogP contribution in [0.5, 0.6) is 5.75 Å². The minimum atomic E-state index is -1.13. The van der Waals surface area contributed by atoms with Gasteiger partial charge in [-0.05, 0) is 47.4 Å². The first-order valence-corrected chi connectivity index (χ1v) is 15.5. The number of rotatable bonds is 5. The van der Waals surface area contributed by atoms with Crippen LogP contribution >= 0.6 is 0 Å². The molecule has 1 atom stereocenters. The van der Waals surface area contributed by atoms with Crippen LogP contribution in [0.2, 0.25) is 0 Å². The molecule has 244 valence electrons. The van der Waals surface area contributed by atoms with Crippen molar-refractivity contribution >= 4 is 41.0 Å². The third kappa shape index (κ3) is 6.53. The number of ether oxygens (including phenoxy) is 2. The van der Waals surface area contributed by atoms with Crippen LogP contribution in [0.1, 0.15) is 63.0 Å². The van der Waals surface area contributed by atoms with Crippen molar-refractivity contribution in [2.45, 2.75) is 32.4 Å². The highest BCUT2D eigenvalue weighted by atomic mass is 16.5. The Bertz CT molecular complexity index is 1760. The van der Waals surface area contributed by atoms with Gasteiger partial charge in [0.05, 0.1) is 48.0 Å². The van der Waals surface area contributed by atoms with Crippen LogP contribution in [0, 0.1) is 0 Å². The van der Waals surface area contributed by atoms with E-state index in [1.807, 2.05) is 12.1 Å². The van der Waals surface area contributed by atoms with Gasteiger partial charge in [-0.2, -0.15) is 5.01 Å². The Kier molecular flexibility index (Phi) is 8.91. The van der Waals surface area contributed by atoms with Gasteiger partial charge in [-0.15, -0.1) is 0 Å². The van der Waals surface area contributed by atoms with E-state index in [-0.39, 0.29) is 36.1 Å². The molecule has 0 radical (unpaired) electrons. The Hall–Kier alpha value is -4.91. The molecule has 47 heavy (non-hydrogen) atoms. The minimum Gasteiger partial charge on any atom is -0.491 e. The number of aldehydes is 1. The molecule has 2 N–H and O–H groups in total. The Morgan fingerprint density at radius 2 is 1.85 bits per heavy atom. The lowest BCUT2D eigenvalue weighted by atomic mass is 9.86. The summed E-state index contributed by atoms with van der Waals surface area (Å²) in [5.41, 5.74) is 6.94. The van der Waals surface area contributed by atoms with Crippen LogP contribution in [-0.4, -0.2) is 96.5 Å². The average molecular weight is 639 g/mol. The maximum atomic E-state index is 13.9. The highest BCUT2D eigenvalue weighted by Gasteiger charge is 2.31. The van der Waals surface area contributed by atoms with Crippen molar-refractivity contribution in [3.63, 3.8) is 0 Å². The number of hydrogen-bond acceptors (Lipinski definition) is 10. The first-order chi connectivity index (χ1) is 22.5. The quantitative estimate of drug-likeness (QED) is 0.402. The smallest absolute Gasteiger partial charge is 0.262 e. The number of aromatic nitrogens is 1. The molecule has 12 nitrogen and oxygen atoms in total. The number of fused-ring (bicyclic) bond motifs is 1. The molecule has 0 bridgehead atoms. The van der Waals surface area contributed by atoms with Gasteiger partial charge in [0.2, 0.25) is 0 Å². The lowest BCUT2D eigenvalue weighted by Gasteiger charge is -2.32. The zero-order valence-corrected chi connectivity index (χ0v) is 26.9. The third-order valence-electron chi connectivity index (χ3n) is 8.43. The van der Waals surface area contributed by atoms with Gasteiger partial charge in [-0.3, -0.25) is 14.4 Å². The van der Waals surface area contributed by atoms with E-state index < -0.39 is 6.23 Å². The fourth-order valence-electron chi connectivity index (χ4n) is 5.75. The Labute approximate surface area is 273 Å².